The number of benzene rings is 2. The van der Waals surface area contributed by atoms with E-state index in [1.807, 2.05) is 24.3 Å². The number of methoxy groups -OCH3 is 1. The monoisotopic (exact) mass is 445 g/mol. The highest BCUT2D eigenvalue weighted by Crippen LogP contribution is 2.18. The lowest BCUT2D eigenvalue weighted by atomic mass is 10.0. The number of nitrogens with one attached hydrogen (secondary N) is 3. The molecule has 8 nitrogen and oxygen atoms in total. The van der Waals surface area contributed by atoms with Crippen molar-refractivity contribution in [3.8, 4) is 11.5 Å². The van der Waals surface area contributed by atoms with Gasteiger partial charge >= 0.3 is 0 Å². The second-order valence-electron chi connectivity index (χ2n) is 6.83. The molecule has 166 valence electrons. The van der Waals surface area contributed by atoms with Crippen LogP contribution in [-0.4, -0.2) is 43.9 Å². The maximum atomic E-state index is 12.2. The minimum atomic E-state index is -0.443. The van der Waals surface area contributed by atoms with Crippen molar-refractivity contribution in [2.75, 3.05) is 26.9 Å². The van der Waals surface area contributed by atoms with Gasteiger partial charge in [0.25, 0.3) is 11.8 Å². The number of hydrogen-bond donors (Lipinski definition) is 3. The fourth-order valence-corrected chi connectivity index (χ4v) is 2.56. The zero-order chi connectivity index (χ0) is 22.6. The Morgan fingerprint density at radius 2 is 1.52 bits per heavy atom. The van der Waals surface area contributed by atoms with Gasteiger partial charge in [0.2, 0.25) is 0 Å². The molecule has 0 aliphatic carbocycles. The Morgan fingerprint density at radius 1 is 0.903 bits per heavy atom. The first-order valence-corrected chi connectivity index (χ1v) is 10.1. The fraction of sp³-hybridized carbons (Fsp3) is 0.318. The van der Waals surface area contributed by atoms with Crippen molar-refractivity contribution in [1.29, 1.82) is 0 Å². The van der Waals surface area contributed by atoms with Gasteiger partial charge in [0.1, 0.15) is 18.1 Å². The van der Waals surface area contributed by atoms with Gasteiger partial charge in [-0.05, 0) is 60.1 Å². The molecule has 2 rings (SSSR count). The molecule has 0 spiro atoms. The van der Waals surface area contributed by atoms with Crippen LogP contribution in [0.3, 0.4) is 0 Å². The number of amides is 2. The first-order chi connectivity index (χ1) is 14.9. The molecule has 0 aliphatic heterocycles. The van der Waals surface area contributed by atoms with Crippen molar-refractivity contribution >= 4 is 29.1 Å². The van der Waals surface area contributed by atoms with E-state index in [1.165, 1.54) is 5.56 Å². The maximum Gasteiger partial charge on any atom is 0.276 e. The molecule has 2 aromatic carbocycles. The smallest absolute Gasteiger partial charge is 0.276 e. The molecular formula is C22H27N3O5S. The number of rotatable bonds is 9. The molecule has 9 heteroatoms. The van der Waals surface area contributed by atoms with Crippen LogP contribution in [-0.2, 0) is 9.53 Å². The molecule has 0 bridgehead atoms. The number of thiocarbonyl (C=S) groups is 1. The average molecular weight is 446 g/mol. The third-order valence-electron chi connectivity index (χ3n) is 4.13. The highest BCUT2D eigenvalue weighted by atomic mass is 32.1. The number of carbonyl (C=O) groups is 2. The largest absolute Gasteiger partial charge is 0.491 e. The number of hydrazine groups is 1. The Kier molecular flexibility index (Phi) is 9.73. The van der Waals surface area contributed by atoms with Gasteiger partial charge in [0.05, 0.1) is 6.61 Å². The Morgan fingerprint density at radius 3 is 2.13 bits per heavy atom. The zero-order valence-electron chi connectivity index (χ0n) is 17.8. The molecule has 0 heterocycles. The minimum absolute atomic E-state index is 0.0416. The van der Waals surface area contributed by atoms with Crippen LogP contribution in [0.4, 0.5) is 0 Å². The number of ether oxygens (including phenoxy) is 3. The number of hydrogen-bond acceptors (Lipinski definition) is 6. The van der Waals surface area contributed by atoms with E-state index >= 15 is 0 Å². The van der Waals surface area contributed by atoms with Crippen molar-refractivity contribution in [1.82, 2.24) is 16.2 Å². The standard InChI is InChI=1S/C22H27N3O5S/c1-15(2)16-4-8-19(9-5-16)30-14-20(26)24-25-22(31)23-21(27)17-6-10-18(11-7-17)29-13-12-28-3/h4-11,15H,12-14H2,1-3H3,(H,24,26)(H2,23,25,27,31). The van der Waals surface area contributed by atoms with Gasteiger partial charge in [-0.25, -0.2) is 0 Å². The Labute approximate surface area is 187 Å². The Balaban J connectivity index is 1.70. The van der Waals surface area contributed by atoms with Gasteiger partial charge in [0.15, 0.2) is 11.7 Å². The minimum Gasteiger partial charge on any atom is -0.491 e. The van der Waals surface area contributed by atoms with E-state index < -0.39 is 11.8 Å². The van der Waals surface area contributed by atoms with Crippen LogP contribution in [0.15, 0.2) is 48.5 Å². The third-order valence-corrected chi connectivity index (χ3v) is 4.34. The molecule has 0 atom stereocenters. The van der Waals surface area contributed by atoms with Crippen molar-refractivity contribution in [2.45, 2.75) is 19.8 Å². The second kappa shape index (κ2) is 12.5. The Bertz CT molecular complexity index is 870. The summed E-state index contributed by atoms with van der Waals surface area (Å²) in [6, 6.07) is 14.1. The summed E-state index contributed by atoms with van der Waals surface area (Å²) in [5.41, 5.74) is 6.42. The van der Waals surface area contributed by atoms with Gasteiger partial charge in [-0.1, -0.05) is 26.0 Å². The van der Waals surface area contributed by atoms with Crippen LogP contribution in [0.25, 0.3) is 0 Å². The predicted octanol–water partition coefficient (Wildman–Crippen LogP) is 2.55. The van der Waals surface area contributed by atoms with Crippen LogP contribution in [0.2, 0.25) is 0 Å². The lowest BCUT2D eigenvalue weighted by Crippen LogP contribution is -2.49. The van der Waals surface area contributed by atoms with Crippen molar-refractivity contribution in [2.24, 2.45) is 0 Å². The van der Waals surface area contributed by atoms with E-state index in [-0.39, 0.29) is 11.7 Å². The lowest BCUT2D eigenvalue weighted by molar-refractivity contribution is -0.123. The predicted molar refractivity (Wildman–Crippen MR) is 121 cm³/mol. The van der Waals surface area contributed by atoms with Crippen LogP contribution in [0, 0.1) is 0 Å². The summed E-state index contributed by atoms with van der Waals surface area (Å²) in [5.74, 6) is 0.772. The van der Waals surface area contributed by atoms with Crippen LogP contribution in [0.5, 0.6) is 11.5 Å². The summed E-state index contributed by atoms with van der Waals surface area (Å²) in [7, 11) is 1.59. The summed E-state index contributed by atoms with van der Waals surface area (Å²) in [6.07, 6.45) is 0. The van der Waals surface area contributed by atoms with Gasteiger partial charge in [-0.2, -0.15) is 0 Å². The van der Waals surface area contributed by atoms with Crippen LogP contribution >= 0.6 is 12.2 Å². The van der Waals surface area contributed by atoms with Crippen molar-refractivity contribution < 1.29 is 23.8 Å². The third kappa shape index (κ3) is 8.61. The fourth-order valence-electron chi connectivity index (χ4n) is 2.41. The summed E-state index contributed by atoms with van der Waals surface area (Å²) in [5, 5.41) is 2.44. The van der Waals surface area contributed by atoms with Gasteiger partial charge < -0.3 is 14.2 Å². The first kappa shape index (κ1) is 24.1. The molecule has 2 aromatic rings. The van der Waals surface area contributed by atoms with Gasteiger partial charge in [-0.3, -0.25) is 25.8 Å². The summed E-state index contributed by atoms with van der Waals surface area (Å²) in [4.78, 5) is 24.1. The highest BCUT2D eigenvalue weighted by molar-refractivity contribution is 7.80. The molecule has 3 N–H and O–H groups in total. The van der Waals surface area contributed by atoms with Crippen molar-refractivity contribution in [3.05, 3.63) is 59.7 Å². The second-order valence-corrected chi connectivity index (χ2v) is 7.24. The SMILES string of the molecule is COCCOc1ccc(C(=O)NC(=S)NNC(=O)COc2ccc(C(C)C)cc2)cc1. The van der Waals surface area contributed by atoms with E-state index in [0.29, 0.717) is 36.2 Å². The van der Waals surface area contributed by atoms with Crippen LogP contribution < -0.4 is 25.6 Å². The molecule has 0 aliphatic rings. The van der Waals surface area contributed by atoms with E-state index in [2.05, 4.69) is 30.0 Å². The van der Waals surface area contributed by atoms with E-state index in [1.54, 1.807) is 31.4 Å². The highest BCUT2D eigenvalue weighted by Gasteiger charge is 2.09. The summed E-state index contributed by atoms with van der Waals surface area (Å²) < 4.78 is 15.8. The molecule has 0 saturated carbocycles. The van der Waals surface area contributed by atoms with Crippen LogP contribution in [0.1, 0.15) is 35.7 Å². The normalized spacial score (nSPS) is 10.3. The molecule has 31 heavy (non-hydrogen) atoms. The van der Waals surface area contributed by atoms with E-state index in [9.17, 15) is 9.59 Å². The topological polar surface area (TPSA) is 97.9 Å². The molecular weight excluding hydrogens is 418 g/mol. The van der Waals surface area contributed by atoms with E-state index in [0.717, 1.165) is 0 Å². The molecule has 0 fully saturated rings. The average Bonchev–Trinajstić information content (AvgIpc) is 2.77. The Hall–Kier alpha value is -3.17. The quantitative estimate of drug-likeness (QED) is 0.310. The molecule has 0 aromatic heterocycles. The van der Waals surface area contributed by atoms with E-state index in [4.69, 9.17) is 26.4 Å². The van der Waals surface area contributed by atoms with Crippen molar-refractivity contribution in [3.63, 3.8) is 0 Å². The summed E-state index contributed by atoms with van der Waals surface area (Å²) in [6.45, 7) is 4.90. The molecule has 2 amide bonds. The zero-order valence-corrected chi connectivity index (χ0v) is 18.6. The molecule has 0 saturated heterocycles. The maximum absolute atomic E-state index is 12.2. The summed E-state index contributed by atoms with van der Waals surface area (Å²) >= 11 is 5.02. The molecule has 0 radical (unpaired) electrons. The molecule has 0 unspecified atom stereocenters. The first-order valence-electron chi connectivity index (χ1n) is 9.73. The van der Waals surface area contributed by atoms with Gasteiger partial charge in [0, 0.05) is 12.7 Å². The number of carbonyl (C=O) groups excluding carboxylic acids is 2. The van der Waals surface area contributed by atoms with Gasteiger partial charge in [-0.15, -0.1) is 0 Å². The lowest BCUT2D eigenvalue weighted by Gasteiger charge is -2.12.